The zero-order chi connectivity index (χ0) is 54.6. The van der Waals surface area contributed by atoms with Gasteiger partial charge in [-0.2, -0.15) is 0 Å². The van der Waals surface area contributed by atoms with Gasteiger partial charge in [-0.25, -0.2) is 132 Å². The van der Waals surface area contributed by atoms with E-state index in [1.54, 1.807) is 0 Å². The van der Waals surface area contributed by atoms with E-state index in [-0.39, 0.29) is 0 Å². The Balaban J connectivity index is 0.000000292. The van der Waals surface area contributed by atoms with Gasteiger partial charge in [-0.05, 0) is 0 Å². The molecule has 0 unspecified atom stereocenters. The van der Waals surface area contributed by atoms with E-state index >= 15 is 0 Å². The van der Waals surface area contributed by atoms with Gasteiger partial charge in [-0.3, -0.25) is 4.91 Å². The highest BCUT2D eigenvalue weighted by molar-refractivity contribution is 6.96. The van der Waals surface area contributed by atoms with Crippen molar-refractivity contribution >= 4 is 46.2 Å². The van der Waals surface area contributed by atoms with Gasteiger partial charge in [0.1, 0.15) is 0 Å². The molecule has 0 aromatic heterocycles. The first-order valence-electron chi connectivity index (χ1n) is 16.8. The lowest BCUT2D eigenvalue weighted by Crippen LogP contribution is -2.60. The van der Waals surface area contributed by atoms with E-state index in [0.29, 0.717) is 0 Å². The summed E-state index contributed by atoms with van der Waals surface area (Å²) in [4.78, 5) is 1.50. The SMILES string of the molecule is Fc1c(F)c(F)c(B(c2c(F)c(F)c(F)c(F)c2F)c2c(F)c(F)c(F)c(F)c2F)c(F)c1F.Fc1c(F)c(F)c(B(c2c(F)c(F)c(F)c(F)c2F)c2c(F)c(F)c(F)c(F)c2F)c(F)c1F.[N-]=[N+]=[N-]. The highest BCUT2D eigenvalue weighted by Gasteiger charge is 2.47. The molecule has 0 N–H and O–H groups in total. The topological polar surface area (TPSA) is 58.7 Å². The molecule has 71 heavy (non-hydrogen) atoms. The van der Waals surface area contributed by atoms with Crippen molar-refractivity contribution in [3.8, 4) is 0 Å². The molecule has 0 fully saturated rings. The Morgan fingerprint density at radius 1 is 0.155 bits per heavy atom. The number of nitrogens with zero attached hydrogens (tertiary/aromatic N) is 3. The zero-order valence-corrected chi connectivity index (χ0v) is 31.8. The van der Waals surface area contributed by atoms with Gasteiger partial charge in [0.15, 0.2) is 175 Å². The van der Waals surface area contributed by atoms with Crippen molar-refractivity contribution < 1.29 is 132 Å². The molecule has 0 bridgehead atoms. The summed E-state index contributed by atoms with van der Waals surface area (Å²) in [5.41, 5.74) is -2.57. The van der Waals surface area contributed by atoms with Crippen LogP contribution in [0.15, 0.2) is 0 Å². The monoisotopic (exact) mass is 1070 g/mol. The molecular formula is C36B2F30N3-. The fourth-order valence-electron chi connectivity index (χ4n) is 6.12. The second kappa shape index (κ2) is 20.6. The predicted octanol–water partition coefficient (Wildman–Crippen LogP) is 9.44. The van der Waals surface area contributed by atoms with Crippen LogP contribution in [0.5, 0.6) is 0 Å². The minimum atomic E-state index is -3.96. The van der Waals surface area contributed by atoms with Crippen LogP contribution in [-0.2, 0) is 0 Å². The summed E-state index contributed by atoms with van der Waals surface area (Å²) in [7, 11) is 0. The van der Waals surface area contributed by atoms with Gasteiger partial charge in [-0.1, -0.05) is 0 Å². The van der Waals surface area contributed by atoms with Crippen LogP contribution in [0.1, 0.15) is 0 Å². The van der Waals surface area contributed by atoms with E-state index in [0.717, 1.165) is 0 Å². The summed E-state index contributed by atoms with van der Waals surface area (Å²) in [6.45, 7) is -7.92. The van der Waals surface area contributed by atoms with Crippen LogP contribution in [0.2, 0.25) is 0 Å². The maximum absolute atomic E-state index is 14.4. The third-order valence-electron chi connectivity index (χ3n) is 9.19. The van der Waals surface area contributed by atoms with Crippen LogP contribution in [-0.4, -0.2) is 13.4 Å². The molecule has 0 amide bonds. The fourth-order valence-corrected chi connectivity index (χ4v) is 6.12. The van der Waals surface area contributed by atoms with Crippen LogP contribution in [0.25, 0.3) is 16.0 Å². The number of rotatable bonds is 6. The van der Waals surface area contributed by atoms with Crippen LogP contribution >= 0.6 is 0 Å². The van der Waals surface area contributed by atoms with Crippen LogP contribution in [0.3, 0.4) is 0 Å². The Labute approximate surface area is 368 Å². The number of hydrogen-bond donors (Lipinski definition) is 0. The molecular weight excluding hydrogens is 1070 g/mol. The van der Waals surface area contributed by atoms with Gasteiger partial charge in [0, 0.05) is 32.8 Å². The van der Waals surface area contributed by atoms with Gasteiger partial charge in [0.2, 0.25) is 0 Å². The van der Waals surface area contributed by atoms with E-state index in [9.17, 15) is 132 Å². The summed E-state index contributed by atoms with van der Waals surface area (Å²) in [5, 5.41) is 0. The van der Waals surface area contributed by atoms with Gasteiger partial charge >= 0.3 is 0 Å². The molecule has 6 aromatic rings. The minimum absolute atomic E-state index is 1.50. The van der Waals surface area contributed by atoms with Crippen molar-refractivity contribution in [2.24, 2.45) is 0 Å². The van der Waals surface area contributed by atoms with Crippen molar-refractivity contribution in [2.45, 2.75) is 0 Å². The summed E-state index contributed by atoms with van der Waals surface area (Å²) in [5.74, 6) is -90.4. The summed E-state index contributed by atoms with van der Waals surface area (Å²) in [6.07, 6.45) is 0. The average Bonchev–Trinajstić information content (AvgIpc) is 3.34. The standard InChI is InChI=1S/2C18BF15.N3/c2*20-4-1(5(21)11(27)16(32)10(4)26)19(2-6(22)12(28)17(33)13(29)7(2)23)3-8(24)14(30)18(34)15(31)9(3)25;1-3-2/q;;-1. The number of hydrogen-bond acceptors (Lipinski definition) is 0. The Kier molecular flexibility index (Phi) is 16.3. The normalized spacial score (nSPS) is 11.0. The third-order valence-corrected chi connectivity index (χ3v) is 9.19. The lowest BCUT2D eigenvalue weighted by atomic mass is 9.36. The average molecular weight is 1070 g/mol. The maximum Gasteiger partial charge on any atom is 0.265 e. The lowest BCUT2D eigenvalue weighted by Gasteiger charge is -2.21. The lowest BCUT2D eigenvalue weighted by molar-refractivity contribution is 0.380. The second-order valence-electron chi connectivity index (χ2n) is 12.9. The van der Waals surface area contributed by atoms with E-state index in [1.807, 2.05) is 0 Å². The Morgan fingerprint density at radius 3 is 0.282 bits per heavy atom. The zero-order valence-electron chi connectivity index (χ0n) is 31.8. The van der Waals surface area contributed by atoms with Crippen molar-refractivity contribution in [1.29, 1.82) is 0 Å². The molecule has 0 saturated heterocycles. The van der Waals surface area contributed by atoms with E-state index in [4.69, 9.17) is 11.1 Å². The first kappa shape index (κ1) is 56.2. The smallest absolute Gasteiger partial charge is 0.265 e. The molecule has 0 radical (unpaired) electrons. The predicted molar refractivity (Wildman–Crippen MR) is 177 cm³/mol. The molecule has 0 spiro atoms. The van der Waals surface area contributed by atoms with Crippen LogP contribution in [0, 0.1) is 175 Å². The van der Waals surface area contributed by atoms with Gasteiger partial charge in [0.25, 0.3) is 13.4 Å². The molecule has 6 rings (SSSR count). The maximum atomic E-state index is 14.4. The van der Waals surface area contributed by atoms with Crippen LogP contribution in [0.4, 0.5) is 132 Å². The Bertz CT molecular complexity index is 2560. The van der Waals surface area contributed by atoms with Gasteiger partial charge < -0.3 is 11.1 Å². The summed E-state index contributed by atoms with van der Waals surface area (Å²) in [6, 6.07) is 0. The molecule has 0 heterocycles. The van der Waals surface area contributed by atoms with Crippen molar-refractivity contribution in [1.82, 2.24) is 0 Å². The molecule has 376 valence electrons. The van der Waals surface area contributed by atoms with Crippen molar-refractivity contribution in [2.75, 3.05) is 0 Å². The molecule has 0 aliphatic heterocycles. The molecule has 3 nitrogen and oxygen atoms in total. The van der Waals surface area contributed by atoms with E-state index in [1.165, 1.54) is 4.91 Å². The van der Waals surface area contributed by atoms with Crippen LogP contribution < -0.4 is 32.8 Å². The molecule has 0 aliphatic carbocycles. The molecule has 0 atom stereocenters. The Morgan fingerprint density at radius 2 is 0.211 bits per heavy atom. The van der Waals surface area contributed by atoms with Gasteiger partial charge in [-0.15, -0.1) is 0 Å². The van der Waals surface area contributed by atoms with Gasteiger partial charge in [0.05, 0.1) is 0 Å². The highest BCUT2D eigenvalue weighted by Crippen LogP contribution is 2.26. The fraction of sp³-hybridized carbons (Fsp3) is 0. The highest BCUT2D eigenvalue weighted by atomic mass is 19.2. The molecule has 6 aromatic carbocycles. The molecule has 35 heteroatoms. The molecule has 0 saturated carbocycles. The third kappa shape index (κ3) is 8.93. The number of halogens is 30. The first-order valence-corrected chi connectivity index (χ1v) is 16.8. The van der Waals surface area contributed by atoms with Crippen molar-refractivity contribution in [3.63, 3.8) is 0 Å². The second-order valence-corrected chi connectivity index (χ2v) is 12.9. The molecule has 0 aliphatic rings. The minimum Gasteiger partial charge on any atom is -0.373 e. The first-order chi connectivity index (χ1) is 32.7. The van der Waals surface area contributed by atoms with Crippen molar-refractivity contribution in [3.05, 3.63) is 190 Å². The quantitative estimate of drug-likeness (QED) is 0.0304. The van der Waals surface area contributed by atoms with E-state index in [2.05, 4.69) is 0 Å². The Hall–Kier alpha value is -7.34. The largest absolute Gasteiger partial charge is 0.373 e. The van der Waals surface area contributed by atoms with E-state index < -0.39 is 221 Å². The summed E-state index contributed by atoms with van der Waals surface area (Å²) >= 11 is 0. The summed E-state index contributed by atoms with van der Waals surface area (Å²) < 4.78 is 417. The number of benzene rings is 6.